The molecule has 0 aromatic heterocycles. The quantitative estimate of drug-likeness (QED) is 0.447. The zero-order chi connectivity index (χ0) is 8.16. The second-order valence-electron chi connectivity index (χ2n) is 3.74. The van der Waals surface area contributed by atoms with Crippen LogP contribution < -0.4 is 0 Å². The molecular weight excluding hydrogens is 136 g/mol. The Balaban J connectivity index is 2.14. The van der Waals surface area contributed by atoms with Crippen molar-refractivity contribution in [3.8, 4) is 0 Å². The first-order chi connectivity index (χ1) is 5.27. The number of rotatable bonds is 4. The van der Waals surface area contributed by atoms with Gasteiger partial charge in [-0.25, -0.2) is 0 Å². The van der Waals surface area contributed by atoms with Crippen molar-refractivity contribution < 1.29 is 4.74 Å². The fourth-order valence-electron chi connectivity index (χ4n) is 1.40. The molecule has 0 bridgehead atoms. The average molecular weight is 154 g/mol. The maximum atomic E-state index is 5.53. The standard InChI is InChI=1S/C10H18O/c1-3-8-11-9-10(2)6-4-5-7-10/h4-5H,3,6-9H2,1-2H3. The molecule has 1 heteroatoms. The van der Waals surface area contributed by atoms with E-state index in [1.807, 2.05) is 0 Å². The SMILES string of the molecule is CCCOCC1(C)CC=CC1. The van der Waals surface area contributed by atoms with Gasteiger partial charge < -0.3 is 4.74 Å². The molecule has 64 valence electrons. The van der Waals surface area contributed by atoms with Crippen LogP contribution in [-0.2, 0) is 4.74 Å². The van der Waals surface area contributed by atoms with Gasteiger partial charge in [-0.2, -0.15) is 0 Å². The van der Waals surface area contributed by atoms with E-state index in [1.54, 1.807) is 0 Å². The molecule has 0 amide bonds. The summed E-state index contributed by atoms with van der Waals surface area (Å²) in [5, 5.41) is 0. The lowest BCUT2D eigenvalue weighted by Crippen LogP contribution is -2.19. The molecule has 1 aliphatic rings. The van der Waals surface area contributed by atoms with Crippen LogP contribution in [0.2, 0.25) is 0 Å². The van der Waals surface area contributed by atoms with Gasteiger partial charge in [-0.05, 0) is 24.7 Å². The van der Waals surface area contributed by atoms with Gasteiger partial charge in [-0.15, -0.1) is 0 Å². The molecule has 0 heterocycles. The number of hydrogen-bond donors (Lipinski definition) is 0. The molecule has 0 fully saturated rings. The molecule has 0 N–H and O–H groups in total. The Hall–Kier alpha value is -0.300. The highest BCUT2D eigenvalue weighted by atomic mass is 16.5. The number of hydrogen-bond acceptors (Lipinski definition) is 1. The molecule has 1 nitrogen and oxygen atoms in total. The van der Waals surface area contributed by atoms with Crippen molar-refractivity contribution in [3.63, 3.8) is 0 Å². The Morgan fingerprint density at radius 1 is 1.36 bits per heavy atom. The van der Waals surface area contributed by atoms with Crippen LogP contribution in [0.4, 0.5) is 0 Å². The Labute approximate surface area is 69.4 Å². The van der Waals surface area contributed by atoms with E-state index >= 15 is 0 Å². The summed E-state index contributed by atoms with van der Waals surface area (Å²) in [5.41, 5.74) is 0.412. The second kappa shape index (κ2) is 3.91. The second-order valence-corrected chi connectivity index (χ2v) is 3.74. The van der Waals surface area contributed by atoms with Crippen molar-refractivity contribution in [2.45, 2.75) is 33.1 Å². The van der Waals surface area contributed by atoms with Gasteiger partial charge in [-0.3, -0.25) is 0 Å². The van der Waals surface area contributed by atoms with E-state index in [0.29, 0.717) is 5.41 Å². The molecule has 0 aromatic carbocycles. The predicted octanol–water partition coefficient (Wildman–Crippen LogP) is 2.77. The van der Waals surface area contributed by atoms with Gasteiger partial charge in [0.15, 0.2) is 0 Å². The van der Waals surface area contributed by atoms with Gasteiger partial charge in [0.05, 0.1) is 6.61 Å². The highest BCUT2D eigenvalue weighted by molar-refractivity contribution is 5.00. The zero-order valence-corrected chi connectivity index (χ0v) is 7.60. The van der Waals surface area contributed by atoms with Crippen LogP contribution in [0.3, 0.4) is 0 Å². The van der Waals surface area contributed by atoms with Crippen LogP contribution in [-0.4, -0.2) is 13.2 Å². The highest BCUT2D eigenvalue weighted by Gasteiger charge is 2.24. The maximum Gasteiger partial charge on any atom is 0.0525 e. The van der Waals surface area contributed by atoms with Crippen LogP contribution in [0.15, 0.2) is 12.2 Å². The lowest BCUT2D eigenvalue weighted by atomic mass is 9.89. The molecule has 1 aliphatic carbocycles. The molecule has 0 saturated carbocycles. The van der Waals surface area contributed by atoms with Gasteiger partial charge in [0.25, 0.3) is 0 Å². The third-order valence-corrected chi connectivity index (χ3v) is 2.19. The van der Waals surface area contributed by atoms with Gasteiger partial charge >= 0.3 is 0 Å². The first-order valence-electron chi connectivity index (χ1n) is 4.49. The first-order valence-corrected chi connectivity index (χ1v) is 4.49. The van der Waals surface area contributed by atoms with Crippen LogP contribution in [0.25, 0.3) is 0 Å². The highest BCUT2D eigenvalue weighted by Crippen LogP contribution is 2.32. The number of allylic oxidation sites excluding steroid dienone is 2. The molecule has 0 aliphatic heterocycles. The van der Waals surface area contributed by atoms with Crippen LogP contribution >= 0.6 is 0 Å². The summed E-state index contributed by atoms with van der Waals surface area (Å²) < 4.78 is 5.53. The van der Waals surface area contributed by atoms with Crippen molar-refractivity contribution in [1.82, 2.24) is 0 Å². The third-order valence-electron chi connectivity index (χ3n) is 2.19. The lowest BCUT2D eigenvalue weighted by molar-refractivity contribution is 0.0598. The zero-order valence-electron chi connectivity index (χ0n) is 7.60. The minimum atomic E-state index is 0.412. The molecule has 0 unspecified atom stereocenters. The van der Waals surface area contributed by atoms with Crippen LogP contribution in [0.5, 0.6) is 0 Å². The van der Waals surface area contributed by atoms with Crippen LogP contribution in [0, 0.1) is 5.41 Å². The average Bonchev–Trinajstić information content (AvgIpc) is 2.38. The van der Waals surface area contributed by atoms with E-state index < -0.39 is 0 Å². The Kier molecular flexibility index (Phi) is 3.13. The van der Waals surface area contributed by atoms with Crippen LogP contribution in [0.1, 0.15) is 33.1 Å². The normalized spacial score (nSPS) is 20.9. The Bertz CT molecular complexity index is 130. The van der Waals surface area contributed by atoms with E-state index in [-0.39, 0.29) is 0 Å². The van der Waals surface area contributed by atoms with E-state index in [9.17, 15) is 0 Å². The smallest absolute Gasteiger partial charge is 0.0525 e. The summed E-state index contributed by atoms with van der Waals surface area (Å²) in [6.07, 6.45) is 8.03. The minimum absolute atomic E-state index is 0.412. The van der Waals surface area contributed by atoms with Crippen molar-refractivity contribution >= 4 is 0 Å². The van der Waals surface area contributed by atoms with E-state index in [0.717, 1.165) is 19.6 Å². The monoisotopic (exact) mass is 154 g/mol. The van der Waals surface area contributed by atoms with Gasteiger partial charge in [0.1, 0.15) is 0 Å². The fourth-order valence-corrected chi connectivity index (χ4v) is 1.40. The van der Waals surface area contributed by atoms with Crippen molar-refractivity contribution in [3.05, 3.63) is 12.2 Å². The lowest BCUT2D eigenvalue weighted by Gasteiger charge is -2.22. The van der Waals surface area contributed by atoms with Crippen molar-refractivity contribution in [2.24, 2.45) is 5.41 Å². The van der Waals surface area contributed by atoms with Gasteiger partial charge in [-0.1, -0.05) is 26.0 Å². The van der Waals surface area contributed by atoms with E-state index in [2.05, 4.69) is 26.0 Å². The van der Waals surface area contributed by atoms with Crippen molar-refractivity contribution in [2.75, 3.05) is 13.2 Å². The van der Waals surface area contributed by atoms with Crippen molar-refractivity contribution in [1.29, 1.82) is 0 Å². The molecule has 11 heavy (non-hydrogen) atoms. The molecule has 0 aromatic rings. The number of ether oxygens (including phenoxy) is 1. The molecule has 0 atom stereocenters. The summed E-state index contributed by atoms with van der Waals surface area (Å²) in [7, 11) is 0. The molecule has 0 spiro atoms. The fraction of sp³-hybridized carbons (Fsp3) is 0.800. The third kappa shape index (κ3) is 2.66. The maximum absolute atomic E-state index is 5.53. The summed E-state index contributed by atoms with van der Waals surface area (Å²) in [6.45, 7) is 6.28. The van der Waals surface area contributed by atoms with E-state index in [4.69, 9.17) is 4.74 Å². The summed E-state index contributed by atoms with van der Waals surface area (Å²) >= 11 is 0. The topological polar surface area (TPSA) is 9.23 Å². The Morgan fingerprint density at radius 3 is 2.55 bits per heavy atom. The molecule has 1 rings (SSSR count). The summed E-state index contributed by atoms with van der Waals surface area (Å²) in [4.78, 5) is 0. The molecule has 0 saturated heterocycles. The molecular formula is C10H18O. The Morgan fingerprint density at radius 2 is 2.00 bits per heavy atom. The van der Waals surface area contributed by atoms with E-state index in [1.165, 1.54) is 12.8 Å². The molecule has 0 radical (unpaired) electrons. The van der Waals surface area contributed by atoms with Gasteiger partial charge in [0, 0.05) is 6.61 Å². The summed E-state index contributed by atoms with van der Waals surface area (Å²) in [6, 6.07) is 0. The van der Waals surface area contributed by atoms with Gasteiger partial charge in [0.2, 0.25) is 0 Å². The first kappa shape index (κ1) is 8.79. The summed E-state index contributed by atoms with van der Waals surface area (Å²) in [5.74, 6) is 0. The largest absolute Gasteiger partial charge is 0.381 e. The minimum Gasteiger partial charge on any atom is -0.381 e. The predicted molar refractivity (Wildman–Crippen MR) is 47.6 cm³/mol.